The Kier molecular flexibility index (Phi) is 6.41. The van der Waals surface area contributed by atoms with Crippen molar-refractivity contribution in [2.45, 2.75) is 19.3 Å². The minimum Gasteiger partial charge on any atom is -0.379 e. The second-order valence-corrected chi connectivity index (χ2v) is 5.63. The van der Waals surface area contributed by atoms with E-state index in [1.54, 1.807) is 0 Å². The average molecular weight is 255 g/mol. The molecule has 106 valence electrons. The first kappa shape index (κ1) is 14.3. The van der Waals surface area contributed by atoms with Crippen molar-refractivity contribution in [3.63, 3.8) is 0 Å². The molecule has 0 spiro atoms. The fraction of sp³-hybridized carbons (Fsp3) is 1.00. The van der Waals surface area contributed by atoms with Gasteiger partial charge in [0.15, 0.2) is 0 Å². The zero-order chi connectivity index (χ0) is 12.6. The molecule has 2 aliphatic heterocycles. The van der Waals surface area contributed by atoms with Gasteiger partial charge in [-0.3, -0.25) is 4.90 Å². The van der Waals surface area contributed by atoms with Crippen LogP contribution in [0.4, 0.5) is 0 Å². The fourth-order valence-electron chi connectivity index (χ4n) is 2.95. The minimum atomic E-state index is 0.923. The van der Waals surface area contributed by atoms with Gasteiger partial charge in [0.05, 0.1) is 13.2 Å². The standard InChI is InChI=1S/C14H29N3O/c1-15-5-2-14-3-6-16(7-4-14)8-9-17-10-12-18-13-11-17/h14-15H,2-13H2,1H3. The molecule has 2 heterocycles. The highest BCUT2D eigenvalue weighted by molar-refractivity contribution is 4.74. The van der Waals surface area contributed by atoms with Gasteiger partial charge in [0.1, 0.15) is 0 Å². The molecule has 1 N–H and O–H groups in total. The van der Waals surface area contributed by atoms with Gasteiger partial charge in [-0.15, -0.1) is 0 Å². The maximum Gasteiger partial charge on any atom is 0.0594 e. The lowest BCUT2D eigenvalue weighted by molar-refractivity contribution is 0.0313. The van der Waals surface area contributed by atoms with E-state index in [9.17, 15) is 0 Å². The van der Waals surface area contributed by atoms with Crippen LogP contribution in [0.2, 0.25) is 0 Å². The second-order valence-electron chi connectivity index (χ2n) is 5.63. The molecule has 0 bridgehead atoms. The third kappa shape index (κ3) is 4.84. The smallest absolute Gasteiger partial charge is 0.0594 e. The highest BCUT2D eigenvalue weighted by Gasteiger charge is 2.19. The summed E-state index contributed by atoms with van der Waals surface area (Å²) in [6.07, 6.45) is 4.14. The molecule has 2 rings (SSSR count). The molecule has 4 nitrogen and oxygen atoms in total. The molecule has 18 heavy (non-hydrogen) atoms. The normalized spacial score (nSPS) is 24.5. The first-order valence-corrected chi connectivity index (χ1v) is 7.55. The van der Waals surface area contributed by atoms with E-state index in [2.05, 4.69) is 22.2 Å². The summed E-state index contributed by atoms with van der Waals surface area (Å²) < 4.78 is 5.38. The Morgan fingerprint density at radius 3 is 2.22 bits per heavy atom. The number of hydrogen-bond acceptors (Lipinski definition) is 4. The van der Waals surface area contributed by atoms with E-state index in [0.717, 1.165) is 32.2 Å². The first-order chi connectivity index (χ1) is 8.88. The van der Waals surface area contributed by atoms with E-state index in [1.807, 2.05) is 0 Å². The molecule has 0 aliphatic carbocycles. The van der Waals surface area contributed by atoms with Crippen LogP contribution < -0.4 is 5.32 Å². The lowest BCUT2D eigenvalue weighted by atomic mass is 9.93. The van der Waals surface area contributed by atoms with Gasteiger partial charge in [-0.2, -0.15) is 0 Å². The average Bonchev–Trinajstić information content (AvgIpc) is 2.45. The fourth-order valence-corrected chi connectivity index (χ4v) is 2.95. The van der Waals surface area contributed by atoms with Crippen LogP contribution in [0.25, 0.3) is 0 Å². The van der Waals surface area contributed by atoms with Gasteiger partial charge in [-0.05, 0) is 51.9 Å². The monoisotopic (exact) mass is 255 g/mol. The number of hydrogen-bond donors (Lipinski definition) is 1. The summed E-state index contributed by atoms with van der Waals surface area (Å²) in [7, 11) is 2.05. The molecular weight excluding hydrogens is 226 g/mol. The molecule has 0 aromatic carbocycles. The highest BCUT2D eigenvalue weighted by atomic mass is 16.5. The topological polar surface area (TPSA) is 27.7 Å². The zero-order valence-electron chi connectivity index (χ0n) is 11.9. The van der Waals surface area contributed by atoms with Crippen molar-refractivity contribution in [2.75, 3.05) is 66.1 Å². The number of rotatable bonds is 6. The molecule has 0 aromatic heterocycles. The van der Waals surface area contributed by atoms with Crippen molar-refractivity contribution in [1.82, 2.24) is 15.1 Å². The zero-order valence-corrected chi connectivity index (χ0v) is 11.9. The van der Waals surface area contributed by atoms with E-state index >= 15 is 0 Å². The van der Waals surface area contributed by atoms with E-state index in [1.165, 1.54) is 52.0 Å². The molecule has 2 fully saturated rings. The third-order valence-electron chi connectivity index (χ3n) is 4.35. The maximum absolute atomic E-state index is 5.38. The molecule has 2 saturated heterocycles. The number of piperidine rings is 1. The number of likely N-dealkylation sites (tertiary alicyclic amines) is 1. The Labute approximate surface area is 112 Å². The van der Waals surface area contributed by atoms with Gasteiger partial charge in [0.25, 0.3) is 0 Å². The van der Waals surface area contributed by atoms with Crippen LogP contribution in [0.1, 0.15) is 19.3 Å². The third-order valence-corrected chi connectivity index (χ3v) is 4.35. The van der Waals surface area contributed by atoms with Gasteiger partial charge >= 0.3 is 0 Å². The van der Waals surface area contributed by atoms with Crippen LogP contribution in [-0.4, -0.2) is 75.9 Å². The van der Waals surface area contributed by atoms with Crippen LogP contribution >= 0.6 is 0 Å². The van der Waals surface area contributed by atoms with Crippen LogP contribution in [0, 0.1) is 5.92 Å². The Hall–Kier alpha value is -0.160. The number of nitrogens with zero attached hydrogens (tertiary/aromatic N) is 2. The molecule has 0 unspecified atom stereocenters. The van der Waals surface area contributed by atoms with Crippen molar-refractivity contribution in [3.8, 4) is 0 Å². The van der Waals surface area contributed by atoms with Crippen LogP contribution in [0.3, 0.4) is 0 Å². The summed E-state index contributed by atoms with van der Waals surface area (Å²) in [5, 5.41) is 3.26. The maximum atomic E-state index is 5.38. The Morgan fingerprint density at radius 2 is 1.61 bits per heavy atom. The number of nitrogens with one attached hydrogen (secondary N) is 1. The first-order valence-electron chi connectivity index (χ1n) is 7.55. The molecule has 2 aliphatic rings. The van der Waals surface area contributed by atoms with Gasteiger partial charge in [0, 0.05) is 26.2 Å². The van der Waals surface area contributed by atoms with Gasteiger partial charge in [0.2, 0.25) is 0 Å². The van der Waals surface area contributed by atoms with Crippen molar-refractivity contribution >= 4 is 0 Å². The van der Waals surface area contributed by atoms with Crippen LogP contribution in [0.5, 0.6) is 0 Å². The van der Waals surface area contributed by atoms with E-state index in [-0.39, 0.29) is 0 Å². The molecule has 0 amide bonds. The minimum absolute atomic E-state index is 0.923. The van der Waals surface area contributed by atoms with Crippen molar-refractivity contribution in [1.29, 1.82) is 0 Å². The Bertz CT molecular complexity index is 211. The van der Waals surface area contributed by atoms with Gasteiger partial charge in [-0.1, -0.05) is 0 Å². The SMILES string of the molecule is CNCCC1CCN(CCN2CCOCC2)CC1. The van der Waals surface area contributed by atoms with Crippen molar-refractivity contribution in [2.24, 2.45) is 5.92 Å². The molecule has 4 heteroatoms. The number of morpholine rings is 1. The van der Waals surface area contributed by atoms with Gasteiger partial charge in [-0.25, -0.2) is 0 Å². The summed E-state index contributed by atoms with van der Waals surface area (Å²) in [5.74, 6) is 0.956. The van der Waals surface area contributed by atoms with Crippen LogP contribution in [0.15, 0.2) is 0 Å². The lowest BCUT2D eigenvalue weighted by Crippen LogP contribution is -2.43. The predicted octanol–water partition coefficient (Wildman–Crippen LogP) is 0.640. The summed E-state index contributed by atoms with van der Waals surface area (Å²) in [6.45, 7) is 10.4. The van der Waals surface area contributed by atoms with E-state index in [4.69, 9.17) is 4.74 Å². The van der Waals surface area contributed by atoms with Gasteiger partial charge < -0.3 is 15.0 Å². The molecule has 0 aromatic rings. The molecule has 0 atom stereocenters. The summed E-state index contributed by atoms with van der Waals surface area (Å²) >= 11 is 0. The van der Waals surface area contributed by atoms with E-state index in [0.29, 0.717) is 0 Å². The van der Waals surface area contributed by atoms with E-state index < -0.39 is 0 Å². The summed E-state index contributed by atoms with van der Waals surface area (Å²) in [6, 6.07) is 0. The second kappa shape index (κ2) is 8.10. The lowest BCUT2D eigenvalue weighted by Gasteiger charge is -2.34. The molecule has 0 radical (unpaired) electrons. The molecule has 0 saturated carbocycles. The predicted molar refractivity (Wildman–Crippen MR) is 75.0 cm³/mol. The summed E-state index contributed by atoms with van der Waals surface area (Å²) in [5.41, 5.74) is 0. The Morgan fingerprint density at radius 1 is 1.00 bits per heavy atom. The number of ether oxygens (including phenoxy) is 1. The van der Waals surface area contributed by atoms with Crippen molar-refractivity contribution in [3.05, 3.63) is 0 Å². The molecular formula is C14H29N3O. The quantitative estimate of drug-likeness (QED) is 0.754. The Balaban J connectivity index is 1.55. The van der Waals surface area contributed by atoms with Crippen LogP contribution in [-0.2, 0) is 4.74 Å². The van der Waals surface area contributed by atoms with Crippen molar-refractivity contribution < 1.29 is 4.74 Å². The summed E-state index contributed by atoms with van der Waals surface area (Å²) in [4.78, 5) is 5.18. The largest absolute Gasteiger partial charge is 0.379 e. The highest BCUT2D eigenvalue weighted by Crippen LogP contribution is 2.19.